The summed E-state index contributed by atoms with van der Waals surface area (Å²) < 4.78 is 0. The molecule has 0 bridgehead atoms. The highest BCUT2D eigenvalue weighted by molar-refractivity contribution is 5.81. The van der Waals surface area contributed by atoms with E-state index < -0.39 is 0 Å². The fraction of sp³-hybridized carbons (Fsp3) is 0.286. The Morgan fingerprint density at radius 2 is 2.38 bits per heavy atom. The number of anilines is 1. The van der Waals surface area contributed by atoms with Crippen molar-refractivity contribution in [2.24, 2.45) is 0 Å². The first kappa shape index (κ1) is 7.93. The second kappa shape index (κ2) is 2.98. The minimum Gasteiger partial charge on any atom is -0.340 e. The maximum Gasteiger partial charge on any atom is 0.183 e. The van der Waals surface area contributed by atoms with Gasteiger partial charge in [-0.05, 0) is 0 Å². The van der Waals surface area contributed by atoms with E-state index in [9.17, 15) is 0 Å². The SMILES string of the molecule is CCc1nc(NO)c2[nH]cnc2n1. The monoisotopic (exact) mass is 179 g/mol. The van der Waals surface area contributed by atoms with Crippen LogP contribution in [0.3, 0.4) is 0 Å². The maximum atomic E-state index is 8.79. The van der Waals surface area contributed by atoms with Crippen LogP contribution in [0.25, 0.3) is 11.2 Å². The number of aryl methyl sites for hydroxylation is 1. The minimum atomic E-state index is 0.361. The van der Waals surface area contributed by atoms with Crippen molar-refractivity contribution in [3.8, 4) is 0 Å². The second-order valence-electron chi connectivity index (χ2n) is 2.55. The molecule has 0 atom stereocenters. The number of hydrogen-bond donors (Lipinski definition) is 3. The summed E-state index contributed by atoms with van der Waals surface area (Å²) in [5.74, 6) is 1.01. The van der Waals surface area contributed by atoms with Crippen LogP contribution in [0.2, 0.25) is 0 Å². The number of nitrogens with zero attached hydrogens (tertiary/aromatic N) is 3. The van der Waals surface area contributed by atoms with Crippen molar-refractivity contribution in [1.29, 1.82) is 0 Å². The first-order valence-corrected chi connectivity index (χ1v) is 3.95. The van der Waals surface area contributed by atoms with Crippen LogP contribution in [0.5, 0.6) is 0 Å². The molecule has 2 aromatic heterocycles. The molecule has 0 aliphatic rings. The maximum absolute atomic E-state index is 8.79. The Hall–Kier alpha value is -1.69. The normalized spacial score (nSPS) is 10.6. The highest BCUT2D eigenvalue weighted by Gasteiger charge is 2.07. The van der Waals surface area contributed by atoms with Gasteiger partial charge >= 0.3 is 0 Å². The van der Waals surface area contributed by atoms with Gasteiger partial charge in [-0.25, -0.2) is 15.0 Å². The molecule has 0 saturated carbocycles. The van der Waals surface area contributed by atoms with Crippen molar-refractivity contribution in [2.75, 3.05) is 5.48 Å². The summed E-state index contributed by atoms with van der Waals surface area (Å²) in [6.07, 6.45) is 2.22. The van der Waals surface area contributed by atoms with Crippen LogP contribution >= 0.6 is 0 Å². The van der Waals surface area contributed by atoms with Gasteiger partial charge in [0.2, 0.25) is 0 Å². The number of imidazole rings is 1. The molecule has 0 radical (unpaired) electrons. The zero-order valence-corrected chi connectivity index (χ0v) is 7.07. The summed E-state index contributed by atoms with van der Waals surface area (Å²) in [6, 6.07) is 0. The van der Waals surface area contributed by atoms with Crippen molar-refractivity contribution in [3.63, 3.8) is 0 Å². The molecule has 13 heavy (non-hydrogen) atoms. The summed E-state index contributed by atoms with van der Waals surface area (Å²) in [6.45, 7) is 1.94. The summed E-state index contributed by atoms with van der Waals surface area (Å²) >= 11 is 0. The Morgan fingerprint density at radius 3 is 3.08 bits per heavy atom. The molecule has 3 N–H and O–H groups in total. The Morgan fingerprint density at radius 1 is 1.54 bits per heavy atom. The first-order valence-electron chi connectivity index (χ1n) is 3.95. The van der Waals surface area contributed by atoms with Gasteiger partial charge in [0.1, 0.15) is 11.3 Å². The van der Waals surface area contributed by atoms with E-state index in [1.165, 1.54) is 6.33 Å². The van der Waals surface area contributed by atoms with Crippen LogP contribution in [0.4, 0.5) is 5.82 Å². The van der Waals surface area contributed by atoms with Crippen molar-refractivity contribution in [2.45, 2.75) is 13.3 Å². The molecule has 0 amide bonds. The van der Waals surface area contributed by atoms with E-state index in [4.69, 9.17) is 5.21 Å². The molecule has 0 aliphatic carbocycles. The summed E-state index contributed by atoms with van der Waals surface area (Å²) in [5.41, 5.74) is 3.18. The smallest absolute Gasteiger partial charge is 0.183 e. The number of rotatable bonds is 2. The molecule has 0 aliphatic heterocycles. The quantitative estimate of drug-likeness (QED) is 0.591. The van der Waals surface area contributed by atoms with E-state index in [2.05, 4.69) is 19.9 Å². The van der Waals surface area contributed by atoms with Gasteiger partial charge in [0.25, 0.3) is 0 Å². The van der Waals surface area contributed by atoms with Gasteiger partial charge in [-0.1, -0.05) is 6.92 Å². The predicted octanol–water partition coefficient (Wildman–Crippen LogP) is 0.716. The zero-order valence-electron chi connectivity index (χ0n) is 7.07. The summed E-state index contributed by atoms with van der Waals surface area (Å²) in [7, 11) is 0. The molecule has 68 valence electrons. The number of fused-ring (bicyclic) bond motifs is 1. The average Bonchev–Trinajstić information content (AvgIpc) is 2.63. The van der Waals surface area contributed by atoms with Gasteiger partial charge in [-0.15, -0.1) is 0 Å². The fourth-order valence-corrected chi connectivity index (χ4v) is 1.12. The highest BCUT2D eigenvalue weighted by atomic mass is 16.5. The topological polar surface area (TPSA) is 86.7 Å². The largest absolute Gasteiger partial charge is 0.340 e. The van der Waals surface area contributed by atoms with Crippen molar-refractivity contribution in [1.82, 2.24) is 19.9 Å². The molecule has 0 spiro atoms. The van der Waals surface area contributed by atoms with Crippen molar-refractivity contribution < 1.29 is 5.21 Å². The molecule has 0 saturated heterocycles. The third kappa shape index (κ3) is 1.20. The minimum absolute atomic E-state index is 0.361. The highest BCUT2D eigenvalue weighted by Crippen LogP contribution is 2.15. The van der Waals surface area contributed by atoms with E-state index in [1.807, 2.05) is 12.4 Å². The number of aromatic amines is 1. The molecule has 0 fully saturated rings. The Labute approximate surface area is 74.0 Å². The summed E-state index contributed by atoms with van der Waals surface area (Å²) in [5, 5.41) is 8.79. The van der Waals surface area contributed by atoms with Gasteiger partial charge in [0.05, 0.1) is 6.33 Å². The molecular formula is C7H9N5O. The molecule has 6 heteroatoms. The molecule has 0 unspecified atom stereocenters. The predicted molar refractivity (Wildman–Crippen MR) is 46.5 cm³/mol. The first-order chi connectivity index (χ1) is 6.35. The lowest BCUT2D eigenvalue weighted by Gasteiger charge is -2.00. The van der Waals surface area contributed by atoms with Crippen LogP contribution in [0.15, 0.2) is 6.33 Å². The lowest BCUT2D eigenvalue weighted by molar-refractivity contribution is 0.386. The number of hydrogen-bond acceptors (Lipinski definition) is 5. The lowest BCUT2D eigenvalue weighted by atomic mass is 10.4. The fourth-order valence-electron chi connectivity index (χ4n) is 1.12. The lowest BCUT2D eigenvalue weighted by Crippen LogP contribution is -2.00. The van der Waals surface area contributed by atoms with Gasteiger partial charge in [0.15, 0.2) is 11.5 Å². The van der Waals surface area contributed by atoms with E-state index >= 15 is 0 Å². The molecule has 2 rings (SSSR count). The molecule has 0 aromatic carbocycles. The average molecular weight is 179 g/mol. The standard InChI is InChI=1S/C7H9N5O/c1-2-4-10-6-5(8-3-9-6)7(11-4)12-13/h3,13H,2H2,1H3,(H2,8,9,10,11,12). The van der Waals surface area contributed by atoms with Gasteiger partial charge in [-0.2, -0.15) is 0 Å². The number of H-pyrrole nitrogens is 1. The Balaban J connectivity index is 2.70. The second-order valence-corrected chi connectivity index (χ2v) is 2.55. The number of nitrogens with one attached hydrogen (secondary N) is 2. The van der Waals surface area contributed by atoms with Gasteiger partial charge in [0, 0.05) is 6.42 Å². The van der Waals surface area contributed by atoms with Crippen LogP contribution in [0.1, 0.15) is 12.7 Å². The van der Waals surface area contributed by atoms with Crippen molar-refractivity contribution in [3.05, 3.63) is 12.2 Å². The van der Waals surface area contributed by atoms with Gasteiger partial charge in [-0.3, -0.25) is 10.7 Å². The van der Waals surface area contributed by atoms with Crippen LogP contribution in [-0.2, 0) is 6.42 Å². The Kier molecular flexibility index (Phi) is 1.82. The van der Waals surface area contributed by atoms with Crippen LogP contribution in [0, 0.1) is 0 Å². The molecule has 2 aromatic rings. The molecule has 6 nitrogen and oxygen atoms in total. The molecular weight excluding hydrogens is 170 g/mol. The summed E-state index contributed by atoms with van der Waals surface area (Å²) in [4.78, 5) is 15.0. The van der Waals surface area contributed by atoms with Crippen LogP contribution < -0.4 is 5.48 Å². The molecule has 2 heterocycles. The Bertz CT molecular complexity index is 424. The zero-order chi connectivity index (χ0) is 9.26. The van der Waals surface area contributed by atoms with Crippen LogP contribution in [-0.4, -0.2) is 25.1 Å². The third-order valence-electron chi connectivity index (χ3n) is 1.75. The number of aromatic nitrogens is 4. The third-order valence-corrected chi connectivity index (χ3v) is 1.75. The van der Waals surface area contributed by atoms with Gasteiger partial charge < -0.3 is 4.98 Å². The van der Waals surface area contributed by atoms with E-state index in [1.54, 1.807) is 0 Å². The van der Waals surface area contributed by atoms with E-state index in [0.717, 1.165) is 0 Å². The van der Waals surface area contributed by atoms with E-state index in [0.29, 0.717) is 29.2 Å². The van der Waals surface area contributed by atoms with Crippen molar-refractivity contribution >= 4 is 17.0 Å². The van der Waals surface area contributed by atoms with E-state index in [-0.39, 0.29) is 0 Å².